The normalized spacial score (nSPS) is 15.8. The van der Waals surface area contributed by atoms with Gasteiger partial charge in [-0.25, -0.2) is 0 Å². The Morgan fingerprint density at radius 3 is 2.46 bits per heavy atom. The second-order valence-electron chi connectivity index (χ2n) is 6.44. The van der Waals surface area contributed by atoms with Crippen molar-refractivity contribution in [2.45, 2.75) is 32.6 Å². The highest BCUT2D eigenvalue weighted by Gasteiger charge is 2.28. The Bertz CT molecular complexity index is 686. The Kier molecular flexibility index (Phi) is 4.83. The van der Waals surface area contributed by atoms with E-state index in [2.05, 4.69) is 15.0 Å². The van der Waals surface area contributed by atoms with Crippen molar-refractivity contribution in [3.8, 4) is 5.75 Å². The predicted octanol–water partition coefficient (Wildman–Crippen LogP) is 3.30. The number of methoxy groups -OCH3 is 1. The number of ether oxygens (including phenoxy) is 1. The van der Waals surface area contributed by atoms with Crippen LogP contribution < -0.4 is 9.64 Å². The molecule has 0 saturated carbocycles. The molecule has 3 rings (SSSR count). The van der Waals surface area contributed by atoms with E-state index in [1.807, 2.05) is 38.1 Å². The van der Waals surface area contributed by atoms with Crippen LogP contribution in [0.3, 0.4) is 0 Å². The van der Waals surface area contributed by atoms with Crippen LogP contribution in [0.4, 0.5) is 6.01 Å². The Balaban J connectivity index is 1.60. The van der Waals surface area contributed by atoms with Gasteiger partial charge in [0.2, 0.25) is 0 Å². The third-order valence-corrected chi connectivity index (χ3v) is 4.46. The van der Waals surface area contributed by atoms with Gasteiger partial charge in [-0.05, 0) is 37.1 Å². The van der Waals surface area contributed by atoms with Crippen LogP contribution >= 0.6 is 0 Å². The number of nitrogens with zero attached hydrogens (tertiary/aromatic N) is 3. The number of hydrogen-bond acceptors (Lipinski definition) is 6. The first kappa shape index (κ1) is 16.5. The fraction of sp³-hybridized carbons (Fsp3) is 0.500. The zero-order valence-electron chi connectivity index (χ0n) is 14.4. The Hall–Kier alpha value is -2.37. The molecule has 0 aliphatic carbocycles. The number of benzene rings is 1. The molecule has 1 saturated heterocycles. The topological polar surface area (TPSA) is 68.5 Å². The Morgan fingerprint density at radius 2 is 1.92 bits per heavy atom. The lowest BCUT2D eigenvalue weighted by Gasteiger charge is -2.29. The number of carbonyl (C=O) groups is 1. The van der Waals surface area contributed by atoms with Gasteiger partial charge in [-0.3, -0.25) is 4.79 Å². The third kappa shape index (κ3) is 3.42. The van der Waals surface area contributed by atoms with Gasteiger partial charge in [-0.15, -0.1) is 0 Å². The third-order valence-electron chi connectivity index (χ3n) is 4.46. The minimum Gasteiger partial charge on any atom is -0.497 e. The first-order valence-corrected chi connectivity index (χ1v) is 8.35. The predicted molar refractivity (Wildman–Crippen MR) is 90.6 cm³/mol. The van der Waals surface area contributed by atoms with Crippen molar-refractivity contribution in [1.82, 2.24) is 10.1 Å². The maximum atomic E-state index is 12.6. The van der Waals surface area contributed by atoms with Crippen LogP contribution in [0.5, 0.6) is 5.75 Å². The van der Waals surface area contributed by atoms with Crippen molar-refractivity contribution >= 4 is 11.8 Å². The molecule has 0 spiro atoms. The van der Waals surface area contributed by atoms with E-state index in [0.29, 0.717) is 6.01 Å². The summed E-state index contributed by atoms with van der Waals surface area (Å²) in [6.07, 6.45) is 1.59. The molecule has 0 N–H and O–H groups in total. The average Bonchev–Trinajstić information content (AvgIpc) is 3.12. The molecule has 2 heterocycles. The van der Waals surface area contributed by atoms with Crippen LogP contribution in [0, 0.1) is 5.92 Å². The molecular formula is C18H23N3O3. The molecule has 0 unspecified atom stereocenters. The van der Waals surface area contributed by atoms with E-state index in [9.17, 15) is 4.79 Å². The summed E-state index contributed by atoms with van der Waals surface area (Å²) < 4.78 is 10.5. The lowest BCUT2D eigenvalue weighted by atomic mass is 9.89. The summed E-state index contributed by atoms with van der Waals surface area (Å²) in [5.74, 6) is 1.98. The van der Waals surface area contributed by atoms with Gasteiger partial charge in [-0.1, -0.05) is 19.0 Å². The highest BCUT2D eigenvalue weighted by Crippen LogP contribution is 2.26. The van der Waals surface area contributed by atoms with Crippen molar-refractivity contribution in [1.29, 1.82) is 0 Å². The van der Waals surface area contributed by atoms with E-state index >= 15 is 0 Å². The van der Waals surface area contributed by atoms with Crippen LogP contribution in [-0.4, -0.2) is 36.1 Å². The Labute approximate surface area is 141 Å². The van der Waals surface area contributed by atoms with Gasteiger partial charge in [0.1, 0.15) is 5.75 Å². The van der Waals surface area contributed by atoms with Crippen molar-refractivity contribution in [3.05, 3.63) is 35.7 Å². The number of anilines is 1. The molecule has 6 nitrogen and oxygen atoms in total. The van der Waals surface area contributed by atoms with Crippen molar-refractivity contribution in [3.63, 3.8) is 0 Å². The second-order valence-corrected chi connectivity index (χ2v) is 6.44. The number of piperidine rings is 1. The zero-order chi connectivity index (χ0) is 17.1. The van der Waals surface area contributed by atoms with Gasteiger partial charge < -0.3 is 14.2 Å². The van der Waals surface area contributed by atoms with Crippen molar-refractivity contribution < 1.29 is 14.1 Å². The monoisotopic (exact) mass is 329 g/mol. The molecule has 1 aliphatic rings. The molecule has 2 aromatic rings. The van der Waals surface area contributed by atoms with E-state index in [0.717, 1.165) is 43.1 Å². The standard InChI is InChI=1S/C18H23N3O3/c1-12(2)17-19-18(24-20-17)21-10-8-14(9-11-21)16(22)13-4-6-15(23-3)7-5-13/h4-7,12,14H,8-11H2,1-3H3. The average molecular weight is 329 g/mol. The van der Waals surface area contributed by atoms with Gasteiger partial charge in [0.25, 0.3) is 0 Å². The fourth-order valence-corrected chi connectivity index (χ4v) is 2.91. The first-order chi connectivity index (χ1) is 11.6. The summed E-state index contributed by atoms with van der Waals surface area (Å²) in [5, 5.41) is 4.00. The highest BCUT2D eigenvalue weighted by molar-refractivity contribution is 5.98. The fourth-order valence-electron chi connectivity index (χ4n) is 2.91. The summed E-state index contributed by atoms with van der Waals surface area (Å²) in [6.45, 7) is 5.58. The number of ketones is 1. The van der Waals surface area contributed by atoms with Gasteiger partial charge in [0.05, 0.1) is 7.11 Å². The van der Waals surface area contributed by atoms with Gasteiger partial charge >= 0.3 is 6.01 Å². The smallest absolute Gasteiger partial charge is 0.324 e. The minimum atomic E-state index is 0.0436. The van der Waals surface area contributed by atoms with Crippen LogP contribution in [0.2, 0.25) is 0 Å². The molecule has 6 heteroatoms. The maximum Gasteiger partial charge on any atom is 0.324 e. The van der Waals surface area contributed by atoms with Crippen molar-refractivity contribution in [2.75, 3.05) is 25.1 Å². The van der Waals surface area contributed by atoms with Crippen LogP contribution in [0.25, 0.3) is 0 Å². The van der Waals surface area contributed by atoms with Crippen LogP contribution in [-0.2, 0) is 0 Å². The minimum absolute atomic E-state index is 0.0436. The molecular weight excluding hydrogens is 306 g/mol. The number of carbonyl (C=O) groups excluding carboxylic acids is 1. The van der Waals surface area contributed by atoms with E-state index < -0.39 is 0 Å². The maximum absolute atomic E-state index is 12.6. The van der Waals surface area contributed by atoms with E-state index in [1.165, 1.54) is 0 Å². The number of rotatable bonds is 5. The SMILES string of the molecule is COc1ccc(C(=O)C2CCN(c3nc(C(C)C)no3)CC2)cc1. The molecule has 24 heavy (non-hydrogen) atoms. The largest absolute Gasteiger partial charge is 0.497 e. The summed E-state index contributed by atoms with van der Waals surface area (Å²) >= 11 is 0. The Morgan fingerprint density at radius 1 is 1.25 bits per heavy atom. The molecule has 1 fully saturated rings. The zero-order valence-corrected chi connectivity index (χ0v) is 14.4. The molecule has 1 aromatic heterocycles. The second kappa shape index (κ2) is 7.03. The molecule has 1 aromatic carbocycles. The summed E-state index contributed by atoms with van der Waals surface area (Å²) in [7, 11) is 1.62. The van der Waals surface area contributed by atoms with E-state index in [-0.39, 0.29) is 17.6 Å². The highest BCUT2D eigenvalue weighted by atomic mass is 16.5. The lowest BCUT2D eigenvalue weighted by Crippen LogP contribution is -2.36. The molecule has 1 aliphatic heterocycles. The quantitative estimate of drug-likeness (QED) is 0.784. The van der Waals surface area contributed by atoms with E-state index in [1.54, 1.807) is 7.11 Å². The summed E-state index contributed by atoms with van der Waals surface area (Å²) in [5.41, 5.74) is 0.745. The first-order valence-electron chi connectivity index (χ1n) is 8.35. The van der Waals surface area contributed by atoms with Gasteiger partial charge in [-0.2, -0.15) is 4.98 Å². The molecule has 0 atom stereocenters. The molecule has 0 bridgehead atoms. The summed E-state index contributed by atoms with van der Waals surface area (Å²) in [4.78, 5) is 19.1. The number of aromatic nitrogens is 2. The number of hydrogen-bond donors (Lipinski definition) is 0. The molecule has 0 radical (unpaired) electrons. The van der Waals surface area contributed by atoms with Gasteiger partial charge in [0.15, 0.2) is 11.6 Å². The lowest BCUT2D eigenvalue weighted by molar-refractivity contribution is 0.0899. The molecule has 0 amide bonds. The van der Waals surface area contributed by atoms with E-state index in [4.69, 9.17) is 9.26 Å². The molecule has 128 valence electrons. The van der Waals surface area contributed by atoms with Crippen LogP contribution in [0.15, 0.2) is 28.8 Å². The van der Waals surface area contributed by atoms with Crippen LogP contribution in [0.1, 0.15) is 48.8 Å². The van der Waals surface area contributed by atoms with Crippen molar-refractivity contribution in [2.24, 2.45) is 5.92 Å². The van der Waals surface area contributed by atoms with Gasteiger partial charge in [0, 0.05) is 30.5 Å². The number of Topliss-reactive ketones (excluding diaryl/α,β-unsaturated/α-hetero) is 1. The summed E-state index contributed by atoms with van der Waals surface area (Å²) in [6, 6.07) is 7.89.